The van der Waals surface area contributed by atoms with Crippen molar-refractivity contribution >= 4 is 33.7 Å². The number of hydrogen-bond donors (Lipinski definition) is 1. The second-order valence-electron chi connectivity index (χ2n) is 5.33. The summed E-state index contributed by atoms with van der Waals surface area (Å²) in [6.45, 7) is 0.301. The van der Waals surface area contributed by atoms with Crippen LogP contribution in [-0.4, -0.2) is 32.8 Å². The van der Waals surface area contributed by atoms with E-state index >= 15 is 0 Å². The predicted octanol–water partition coefficient (Wildman–Crippen LogP) is 3.43. The van der Waals surface area contributed by atoms with Crippen molar-refractivity contribution in [1.82, 2.24) is 5.43 Å². The summed E-state index contributed by atoms with van der Waals surface area (Å²) < 4.78 is 6.45. The molecule has 0 radical (unpaired) electrons. The van der Waals surface area contributed by atoms with Gasteiger partial charge in [-0.15, -0.1) is 0 Å². The molecule has 0 spiro atoms. The van der Waals surface area contributed by atoms with Crippen LogP contribution in [-0.2, 0) is 4.79 Å². The lowest BCUT2D eigenvalue weighted by atomic mass is 10.2. The number of amides is 1. The second kappa shape index (κ2) is 9.08. The van der Waals surface area contributed by atoms with Gasteiger partial charge in [0.2, 0.25) is 5.91 Å². The van der Waals surface area contributed by atoms with Gasteiger partial charge in [0.25, 0.3) is 0 Å². The van der Waals surface area contributed by atoms with Crippen molar-refractivity contribution in [3.05, 3.63) is 58.6 Å². The Hall–Kier alpha value is -2.34. The Kier molecular flexibility index (Phi) is 6.81. The van der Waals surface area contributed by atoms with E-state index in [1.54, 1.807) is 6.21 Å². The number of benzene rings is 2. The Morgan fingerprint density at radius 1 is 1.25 bits per heavy atom. The monoisotopic (exact) mass is 389 g/mol. The fourth-order valence-electron chi connectivity index (χ4n) is 1.91. The van der Waals surface area contributed by atoms with Crippen molar-refractivity contribution in [3.63, 3.8) is 0 Å². The maximum atomic E-state index is 11.7. The third-order valence-corrected chi connectivity index (χ3v) is 3.70. The van der Waals surface area contributed by atoms with Gasteiger partial charge in [0.1, 0.15) is 5.75 Å². The largest absolute Gasteiger partial charge is 0.493 e. The van der Waals surface area contributed by atoms with Crippen LogP contribution < -0.4 is 15.1 Å². The SMILES string of the molecule is CN(C)c1ccc(C=NNC(=O)CCOc2cccc(Br)c2)cc1. The molecule has 2 aromatic rings. The van der Waals surface area contributed by atoms with Crippen LogP contribution >= 0.6 is 15.9 Å². The van der Waals surface area contributed by atoms with E-state index in [1.165, 1.54) is 0 Å². The summed E-state index contributed by atoms with van der Waals surface area (Å²) in [5.74, 6) is 0.535. The first-order chi connectivity index (χ1) is 11.5. The molecule has 1 N–H and O–H groups in total. The molecule has 0 aliphatic carbocycles. The first kappa shape index (κ1) is 18.0. The summed E-state index contributed by atoms with van der Waals surface area (Å²) >= 11 is 3.37. The molecule has 126 valence electrons. The van der Waals surface area contributed by atoms with Gasteiger partial charge in [-0.2, -0.15) is 5.10 Å². The number of carbonyl (C=O) groups is 1. The van der Waals surface area contributed by atoms with E-state index in [0.29, 0.717) is 6.61 Å². The highest BCUT2D eigenvalue weighted by Gasteiger charge is 2.01. The molecule has 0 atom stereocenters. The zero-order chi connectivity index (χ0) is 17.4. The van der Waals surface area contributed by atoms with Gasteiger partial charge in [0.05, 0.1) is 19.2 Å². The number of nitrogens with zero attached hydrogens (tertiary/aromatic N) is 2. The lowest BCUT2D eigenvalue weighted by Gasteiger charge is -2.11. The normalized spacial score (nSPS) is 10.6. The van der Waals surface area contributed by atoms with Gasteiger partial charge < -0.3 is 9.64 Å². The van der Waals surface area contributed by atoms with Crippen molar-refractivity contribution in [1.29, 1.82) is 0 Å². The van der Waals surface area contributed by atoms with Crippen molar-refractivity contribution in [2.45, 2.75) is 6.42 Å². The third-order valence-electron chi connectivity index (χ3n) is 3.21. The van der Waals surface area contributed by atoms with Crippen LogP contribution in [0.4, 0.5) is 5.69 Å². The van der Waals surface area contributed by atoms with Crippen molar-refractivity contribution in [3.8, 4) is 5.75 Å². The van der Waals surface area contributed by atoms with Gasteiger partial charge in [0.15, 0.2) is 0 Å². The third kappa shape index (κ3) is 6.04. The van der Waals surface area contributed by atoms with Gasteiger partial charge >= 0.3 is 0 Å². The van der Waals surface area contributed by atoms with Crippen LogP contribution in [0.1, 0.15) is 12.0 Å². The number of hydrazone groups is 1. The fraction of sp³-hybridized carbons (Fsp3) is 0.222. The topological polar surface area (TPSA) is 53.9 Å². The van der Waals surface area contributed by atoms with Gasteiger partial charge in [-0.3, -0.25) is 4.79 Å². The highest BCUT2D eigenvalue weighted by molar-refractivity contribution is 9.10. The highest BCUT2D eigenvalue weighted by atomic mass is 79.9. The average Bonchev–Trinajstić information content (AvgIpc) is 2.55. The predicted molar refractivity (Wildman–Crippen MR) is 101 cm³/mol. The van der Waals surface area contributed by atoms with E-state index < -0.39 is 0 Å². The standard InChI is InChI=1S/C18H20BrN3O2/c1-22(2)16-8-6-14(7-9-16)13-20-21-18(23)10-11-24-17-5-3-4-15(19)12-17/h3-9,12-13H,10-11H2,1-2H3,(H,21,23). The number of hydrogen-bond acceptors (Lipinski definition) is 4. The number of carbonyl (C=O) groups excluding carboxylic acids is 1. The molecular weight excluding hydrogens is 370 g/mol. The molecule has 0 bridgehead atoms. The number of anilines is 1. The van der Waals surface area contributed by atoms with Crippen LogP contribution in [0.5, 0.6) is 5.75 Å². The summed E-state index contributed by atoms with van der Waals surface area (Å²) in [5, 5.41) is 3.95. The Balaban J connectivity index is 1.72. The fourth-order valence-corrected chi connectivity index (χ4v) is 2.29. The second-order valence-corrected chi connectivity index (χ2v) is 6.25. The van der Waals surface area contributed by atoms with E-state index in [4.69, 9.17) is 4.74 Å². The van der Waals surface area contributed by atoms with Crippen LogP contribution in [0.15, 0.2) is 58.1 Å². The molecule has 5 nitrogen and oxygen atoms in total. The van der Waals surface area contributed by atoms with Crippen molar-refractivity contribution in [2.75, 3.05) is 25.6 Å². The maximum Gasteiger partial charge on any atom is 0.243 e. The number of rotatable bonds is 7. The first-order valence-electron chi connectivity index (χ1n) is 7.52. The molecule has 0 saturated carbocycles. The van der Waals surface area contributed by atoms with Crippen molar-refractivity contribution < 1.29 is 9.53 Å². The number of ether oxygens (including phenoxy) is 1. The van der Waals surface area contributed by atoms with E-state index in [1.807, 2.05) is 67.5 Å². The maximum absolute atomic E-state index is 11.7. The summed E-state index contributed by atoms with van der Waals surface area (Å²) in [6, 6.07) is 15.4. The van der Waals surface area contributed by atoms with E-state index in [-0.39, 0.29) is 12.3 Å². The van der Waals surface area contributed by atoms with Gasteiger partial charge in [-0.25, -0.2) is 5.43 Å². The molecule has 0 fully saturated rings. The minimum atomic E-state index is -0.189. The summed E-state index contributed by atoms with van der Waals surface area (Å²) in [4.78, 5) is 13.7. The van der Waals surface area contributed by atoms with Crippen LogP contribution in [0, 0.1) is 0 Å². The zero-order valence-corrected chi connectivity index (χ0v) is 15.3. The molecule has 0 aliphatic heterocycles. The lowest BCUT2D eigenvalue weighted by Crippen LogP contribution is -2.20. The average molecular weight is 390 g/mol. The zero-order valence-electron chi connectivity index (χ0n) is 13.7. The Morgan fingerprint density at radius 3 is 2.67 bits per heavy atom. The molecule has 24 heavy (non-hydrogen) atoms. The minimum Gasteiger partial charge on any atom is -0.493 e. The van der Waals surface area contributed by atoms with Crippen LogP contribution in [0.2, 0.25) is 0 Å². The smallest absolute Gasteiger partial charge is 0.243 e. The number of nitrogens with one attached hydrogen (secondary N) is 1. The molecule has 2 rings (SSSR count). The van der Waals surface area contributed by atoms with E-state index in [2.05, 4.69) is 26.5 Å². The Bertz CT molecular complexity index is 700. The quantitative estimate of drug-likeness (QED) is 0.582. The molecule has 2 aromatic carbocycles. The molecule has 0 aliphatic rings. The minimum absolute atomic E-state index is 0.189. The number of halogens is 1. The summed E-state index contributed by atoms with van der Waals surface area (Å²) in [5.41, 5.74) is 4.53. The summed E-state index contributed by atoms with van der Waals surface area (Å²) in [6.07, 6.45) is 1.86. The Morgan fingerprint density at radius 2 is 2.00 bits per heavy atom. The van der Waals surface area contributed by atoms with Gasteiger partial charge in [-0.1, -0.05) is 34.1 Å². The molecule has 6 heteroatoms. The van der Waals surface area contributed by atoms with Crippen LogP contribution in [0.3, 0.4) is 0 Å². The van der Waals surface area contributed by atoms with Gasteiger partial charge in [-0.05, 0) is 35.9 Å². The van der Waals surface area contributed by atoms with E-state index in [0.717, 1.165) is 21.5 Å². The van der Waals surface area contributed by atoms with Gasteiger partial charge in [0, 0.05) is 24.3 Å². The molecule has 0 heterocycles. The van der Waals surface area contributed by atoms with Crippen molar-refractivity contribution in [2.24, 2.45) is 5.10 Å². The molecular formula is C18H20BrN3O2. The molecule has 0 unspecified atom stereocenters. The molecule has 0 aromatic heterocycles. The summed E-state index contributed by atoms with van der Waals surface area (Å²) in [7, 11) is 3.97. The van der Waals surface area contributed by atoms with Crippen LogP contribution in [0.25, 0.3) is 0 Å². The molecule has 1 amide bonds. The first-order valence-corrected chi connectivity index (χ1v) is 8.31. The lowest BCUT2D eigenvalue weighted by molar-refractivity contribution is -0.121. The Labute approximate surface area is 150 Å². The van der Waals surface area contributed by atoms with E-state index in [9.17, 15) is 4.79 Å². The molecule has 0 saturated heterocycles. The highest BCUT2D eigenvalue weighted by Crippen LogP contribution is 2.17.